The van der Waals surface area contributed by atoms with Crippen molar-refractivity contribution in [2.75, 3.05) is 19.8 Å². The van der Waals surface area contributed by atoms with E-state index in [0.717, 1.165) is 43.1 Å². The third-order valence-electron chi connectivity index (χ3n) is 6.52. The summed E-state index contributed by atoms with van der Waals surface area (Å²) >= 11 is 0. The van der Waals surface area contributed by atoms with Crippen molar-refractivity contribution in [1.29, 1.82) is 0 Å². The van der Waals surface area contributed by atoms with Gasteiger partial charge in [-0.2, -0.15) is 0 Å². The maximum Gasteiger partial charge on any atom is 0.257 e. The van der Waals surface area contributed by atoms with Gasteiger partial charge in [0.05, 0.1) is 5.56 Å². The van der Waals surface area contributed by atoms with Crippen LogP contribution in [0.5, 0.6) is 11.5 Å². The van der Waals surface area contributed by atoms with E-state index < -0.39 is 17.6 Å². The molecule has 156 valence electrons. The van der Waals surface area contributed by atoms with Crippen molar-refractivity contribution >= 4 is 11.8 Å². The third kappa shape index (κ3) is 3.00. The maximum atomic E-state index is 14.5. The Balaban J connectivity index is 1.55. The molecule has 7 heteroatoms. The fourth-order valence-corrected chi connectivity index (χ4v) is 5.10. The predicted octanol–water partition coefficient (Wildman–Crippen LogP) is 3.16. The van der Waals surface area contributed by atoms with Crippen molar-refractivity contribution in [3.05, 3.63) is 58.4 Å². The van der Waals surface area contributed by atoms with Crippen LogP contribution in [0.3, 0.4) is 0 Å². The summed E-state index contributed by atoms with van der Waals surface area (Å²) in [6, 6.07) is 7.70. The van der Waals surface area contributed by atoms with Crippen molar-refractivity contribution in [3.8, 4) is 11.5 Å². The molecule has 1 fully saturated rings. The molecule has 2 amide bonds. The lowest BCUT2D eigenvalue weighted by Crippen LogP contribution is -2.47. The van der Waals surface area contributed by atoms with Gasteiger partial charge in [-0.1, -0.05) is 12.8 Å². The second-order valence-corrected chi connectivity index (χ2v) is 8.36. The summed E-state index contributed by atoms with van der Waals surface area (Å²) in [5, 5.41) is 0. The first-order chi connectivity index (χ1) is 14.5. The van der Waals surface area contributed by atoms with Crippen LogP contribution in [0.15, 0.2) is 30.3 Å². The zero-order valence-corrected chi connectivity index (χ0v) is 16.6. The van der Waals surface area contributed by atoms with E-state index in [1.54, 1.807) is 4.90 Å². The molecule has 1 aliphatic carbocycles. The molecule has 2 heterocycles. The van der Waals surface area contributed by atoms with E-state index in [2.05, 4.69) is 6.07 Å². The van der Waals surface area contributed by atoms with Crippen LogP contribution in [0.1, 0.15) is 57.5 Å². The van der Waals surface area contributed by atoms with Crippen LogP contribution in [-0.2, 0) is 12.0 Å². The van der Waals surface area contributed by atoms with Gasteiger partial charge in [0.15, 0.2) is 11.5 Å². The molecule has 5 rings (SSSR count). The van der Waals surface area contributed by atoms with Gasteiger partial charge in [0.2, 0.25) is 5.91 Å². The number of halogens is 1. The molecule has 1 saturated carbocycles. The minimum atomic E-state index is -0.691. The van der Waals surface area contributed by atoms with E-state index in [-0.39, 0.29) is 16.5 Å². The number of benzene rings is 2. The smallest absolute Gasteiger partial charge is 0.257 e. The van der Waals surface area contributed by atoms with Crippen LogP contribution in [0.4, 0.5) is 4.39 Å². The second kappa shape index (κ2) is 7.00. The Hall–Kier alpha value is -3.09. The number of rotatable bonds is 2. The van der Waals surface area contributed by atoms with Gasteiger partial charge >= 0.3 is 0 Å². The molecule has 6 nitrogen and oxygen atoms in total. The highest BCUT2D eigenvalue weighted by molar-refractivity contribution is 5.99. The van der Waals surface area contributed by atoms with Crippen LogP contribution < -0.4 is 15.2 Å². The second-order valence-electron chi connectivity index (χ2n) is 8.36. The summed E-state index contributed by atoms with van der Waals surface area (Å²) in [6.07, 6.45) is 4.10. The van der Waals surface area contributed by atoms with Gasteiger partial charge in [-0.15, -0.1) is 0 Å². The van der Waals surface area contributed by atoms with Gasteiger partial charge in [0.1, 0.15) is 19.0 Å². The lowest BCUT2D eigenvalue weighted by molar-refractivity contribution is 0.0664. The molecule has 0 aromatic heterocycles. The highest BCUT2D eigenvalue weighted by atomic mass is 19.1. The number of carbonyl (C=O) groups excluding carboxylic acids is 2. The number of nitrogens with two attached hydrogens (primary N) is 1. The fourth-order valence-electron chi connectivity index (χ4n) is 5.10. The van der Waals surface area contributed by atoms with Gasteiger partial charge in [0.25, 0.3) is 5.91 Å². The molecule has 30 heavy (non-hydrogen) atoms. The average Bonchev–Trinajstić information content (AvgIpc) is 3.21. The van der Waals surface area contributed by atoms with Crippen LogP contribution >= 0.6 is 0 Å². The molecule has 0 bridgehead atoms. The van der Waals surface area contributed by atoms with Crippen molar-refractivity contribution < 1.29 is 23.5 Å². The SMILES string of the molecule is NC(=O)c1ccc(F)c(C(=O)N2Cc3cc4c(cc3C3(CCCC3)C2)OCCO4)c1. The van der Waals surface area contributed by atoms with Gasteiger partial charge in [0, 0.05) is 24.1 Å². The Morgan fingerprint density at radius 1 is 1.03 bits per heavy atom. The molecule has 0 radical (unpaired) electrons. The summed E-state index contributed by atoms with van der Waals surface area (Å²) in [7, 11) is 0. The summed E-state index contributed by atoms with van der Waals surface area (Å²) < 4.78 is 26.0. The molecule has 0 saturated heterocycles. The quantitative estimate of drug-likeness (QED) is 0.825. The molecule has 2 aromatic carbocycles. The zero-order valence-electron chi connectivity index (χ0n) is 16.6. The first-order valence-corrected chi connectivity index (χ1v) is 10.3. The third-order valence-corrected chi connectivity index (χ3v) is 6.52. The Morgan fingerprint density at radius 2 is 1.73 bits per heavy atom. The normalized spacial score (nSPS) is 18.9. The maximum absolute atomic E-state index is 14.5. The minimum absolute atomic E-state index is 0.118. The molecule has 0 atom stereocenters. The van der Waals surface area contributed by atoms with Crippen molar-refractivity contribution in [1.82, 2.24) is 4.90 Å². The number of primary amides is 1. The van der Waals surface area contributed by atoms with E-state index in [1.807, 2.05) is 6.07 Å². The minimum Gasteiger partial charge on any atom is -0.486 e. The van der Waals surface area contributed by atoms with E-state index in [1.165, 1.54) is 17.7 Å². The average molecular weight is 410 g/mol. The van der Waals surface area contributed by atoms with E-state index in [0.29, 0.717) is 32.1 Å². The monoisotopic (exact) mass is 410 g/mol. The largest absolute Gasteiger partial charge is 0.486 e. The highest BCUT2D eigenvalue weighted by Crippen LogP contribution is 2.49. The van der Waals surface area contributed by atoms with Gasteiger partial charge in [-0.05, 0) is 54.3 Å². The molecule has 0 unspecified atom stereocenters. The molecule has 1 spiro atoms. The topological polar surface area (TPSA) is 81.9 Å². The summed E-state index contributed by atoms with van der Waals surface area (Å²) in [5.41, 5.74) is 7.36. The molecule has 3 aliphatic rings. The van der Waals surface area contributed by atoms with E-state index >= 15 is 0 Å². The van der Waals surface area contributed by atoms with Crippen molar-refractivity contribution in [3.63, 3.8) is 0 Å². The number of ether oxygens (including phenoxy) is 2. The molecular formula is C23H23FN2O4. The lowest BCUT2D eigenvalue weighted by atomic mass is 9.73. The zero-order chi connectivity index (χ0) is 20.9. The Labute approximate surface area is 173 Å². The fraction of sp³-hybridized carbons (Fsp3) is 0.391. The Bertz CT molecular complexity index is 1050. The predicted molar refractivity (Wildman–Crippen MR) is 107 cm³/mol. The number of carbonyl (C=O) groups is 2. The van der Waals surface area contributed by atoms with Crippen LogP contribution in [0, 0.1) is 5.82 Å². The van der Waals surface area contributed by atoms with Crippen molar-refractivity contribution in [2.45, 2.75) is 37.6 Å². The molecular weight excluding hydrogens is 387 g/mol. The van der Waals surface area contributed by atoms with Gasteiger partial charge < -0.3 is 20.1 Å². The number of nitrogens with zero attached hydrogens (tertiary/aromatic N) is 1. The van der Waals surface area contributed by atoms with Crippen LogP contribution in [0.2, 0.25) is 0 Å². The lowest BCUT2D eigenvalue weighted by Gasteiger charge is -2.43. The van der Waals surface area contributed by atoms with E-state index in [9.17, 15) is 14.0 Å². The first kappa shape index (κ1) is 18.9. The van der Waals surface area contributed by atoms with Crippen LogP contribution in [0.25, 0.3) is 0 Å². The number of hydrogen-bond acceptors (Lipinski definition) is 4. The van der Waals surface area contributed by atoms with Crippen LogP contribution in [-0.4, -0.2) is 36.5 Å². The summed E-state index contributed by atoms with van der Waals surface area (Å²) in [6.45, 7) is 1.88. The Kier molecular flexibility index (Phi) is 4.41. The summed E-state index contributed by atoms with van der Waals surface area (Å²) in [4.78, 5) is 26.5. The molecule has 2 aromatic rings. The summed E-state index contributed by atoms with van der Waals surface area (Å²) in [5.74, 6) is -0.333. The van der Waals surface area contributed by atoms with Gasteiger partial charge in [-0.3, -0.25) is 9.59 Å². The number of amides is 2. The van der Waals surface area contributed by atoms with E-state index in [4.69, 9.17) is 15.2 Å². The number of fused-ring (bicyclic) bond motifs is 3. The van der Waals surface area contributed by atoms with Crippen molar-refractivity contribution in [2.24, 2.45) is 5.73 Å². The highest BCUT2D eigenvalue weighted by Gasteiger charge is 2.44. The van der Waals surface area contributed by atoms with Gasteiger partial charge in [-0.25, -0.2) is 4.39 Å². The Morgan fingerprint density at radius 3 is 2.43 bits per heavy atom. The first-order valence-electron chi connectivity index (χ1n) is 10.3. The number of hydrogen-bond donors (Lipinski definition) is 1. The standard InChI is InChI=1S/C23H23FN2O4/c24-18-4-3-14(21(25)27)9-16(18)22(28)26-12-15-10-19-20(30-8-7-29-19)11-17(15)23(13-26)5-1-2-6-23/h3-4,9-11H,1-2,5-8,12-13H2,(H2,25,27). The molecule has 2 aliphatic heterocycles. The molecule has 2 N–H and O–H groups in total.